The smallest absolute Gasteiger partial charge is 0.120 e. The second-order valence-corrected chi connectivity index (χ2v) is 7.83. The van der Waals surface area contributed by atoms with Gasteiger partial charge in [-0.25, -0.2) is 0 Å². The van der Waals surface area contributed by atoms with Crippen molar-refractivity contribution in [1.29, 1.82) is 0 Å². The predicted octanol–water partition coefficient (Wildman–Crippen LogP) is 6.41. The highest BCUT2D eigenvalue weighted by Gasteiger charge is 2.17. The fraction of sp³-hybridized carbons (Fsp3) is 0.333. The van der Waals surface area contributed by atoms with E-state index in [1.807, 2.05) is 6.07 Å². The van der Waals surface area contributed by atoms with Gasteiger partial charge in [-0.2, -0.15) is 0 Å². The molecule has 2 nitrogen and oxygen atoms in total. The number of hydrogen-bond acceptors (Lipinski definition) is 2. The lowest BCUT2D eigenvalue weighted by Gasteiger charge is -2.23. The van der Waals surface area contributed by atoms with Gasteiger partial charge in [-0.05, 0) is 71.7 Å². The Bertz CT molecular complexity index is 871. The van der Waals surface area contributed by atoms with Crippen LogP contribution in [0.25, 0.3) is 11.1 Å². The molecule has 4 rings (SSSR count). The van der Waals surface area contributed by atoms with Crippen molar-refractivity contribution in [2.24, 2.45) is 11.7 Å². The molecule has 0 heterocycles. The first-order valence-electron chi connectivity index (χ1n) is 10.8. The summed E-state index contributed by atoms with van der Waals surface area (Å²) >= 11 is 0. The molecule has 1 unspecified atom stereocenters. The Morgan fingerprint density at radius 3 is 2.24 bits per heavy atom. The standard InChI is InChI=1S/C24H25NO.C3H8/c25-16-19-8-11-22-12-13-24(15-23(22)14-19)26-17-18-6-9-21(10-7-18)20-4-2-1-3-5-20;1-3-2/h1-7,9-10,12-13,15,19H,8,11,14,16-17,25H2;3H2,1-2H3. The van der Waals surface area contributed by atoms with Crippen molar-refractivity contribution in [3.05, 3.63) is 89.5 Å². The topological polar surface area (TPSA) is 35.2 Å². The number of ether oxygens (including phenoxy) is 1. The van der Waals surface area contributed by atoms with Crippen molar-refractivity contribution in [3.63, 3.8) is 0 Å². The van der Waals surface area contributed by atoms with Crippen LogP contribution in [0.15, 0.2) is 72.8 Å². The number of rotatable bonds is 5. The van der Waals surface area contributed by atoms with Crippen LogP contribution in [0.5, 0.6) is 5.75 Å². The van der Waals surface area contributed by atoms with Crippen LogP contribution in [-0.4, -0.2) is 6.54 Å². The molecule has 0 amide bonds. The van der Waals surface area contributed by atoms with Crippen LogP contribution in [0.1, 0.15) is 43.4 Å². The molecular formula is C27H33NO. The van der Waals surface area contributed by atoms with Gasteiger partial charge in [-0.3, -0.25) is 0 Å². The van der Waals surface area contributed by atoms with Crippen molar-refractivity contribution in [2.45, 2.75) is 46.1 Å². The van der Waals surface area contributed by atoms with Gasteiger partial charge < -0.3 is 10.5 Å². The molecule has 3 aromatic rings. The molecule has 29 heavy (non-hydrogen) atoms. The lowest BCUT2D eigenvalue weighted by molar-refractivity contribution is 0.305. The van der Waals surface area contributed by atoms with Crippen LogP contribution in [0.3, 0.4) is 0 Å². The molecular weight excluding hydrogens is 354 g/mol. The third-order valence-electron chi connectivity index (χ3n) is 5.31. The molecule has 2 heteroatoms. The minimum Gasteiger partial charge on any atom is -0.489 e. The van der Waals surface area contributed by atoms with Crippen molar-refractivity contribution < 1.29 is 4.74 Å². The maximum atomic E-state index is 6.04. The molecule has 0 spiro atoms. The fourth-order valence-corrected chi connectivity index (χ4v) is 3.69. The van der Waals surface area contributed by atoms with Gasteiger partial charge >= 0.3 is 0 Å². The molecule has 1 aliphatic carbocycles. The van der Waals surface area contributed by atoms with E-state index in [9.17, 15) is 0 Å². The second kappa shape index (κ2) is 10.8. The van der Waals surface area contributed by atoms with Crippen LogP contribution >= 0.6 is 0 Å². The predicted molar refractivity (Wildman–Crippen MR) is 123 cm³/mol. The average Bonchev–Trinajstić information content (AvgIpc) is 2.78. The lowest BCUT2D eigenvalue weighted by Crippen LogP contribution is -2.22. The number of hydrogen-bond donors (Lipinski definition) is 1. The number of aryl methyl sites for hydroxylation is 1. The summed E-state index contributed by atoms with van der Waals surface area (Å²) in [6.45, 7) is 5.62. The Balaban J connectivity index is 0.000000755. The summed E-state index contributed by atoms with van der Waals surface area (Å²) in [5, 5.41) is 0. The van der Waals surface area contributed by atoms with Crippen LogP contribution < -0.4 is 10.5 Å². The minimum atomic E-state index is 0.591. The molecule has 0 radical (unpaired) electrons. The molecule has 0 aliphatic heterocycles. The maximum Gasteiger partial charge on any atom is 0.120 e. The quantitative estimate of drug-likeness (QED) is 0.549. The van der Waals surface area contributed by atoms with E-state index in [0.29, 0.717) is 12.5 Å². The van der Waals surface area contributed by atoms with Gasteiger partial charge in [0.1, 0.15) is 12.4 Å². The van der Waals surface area contributed by atoms with Gasteiger partial charge in [0.25, 0.3) is 0 Å². The van der Waals surface area contributed by atoms with Crippen LogP contribution in [-0.2, 0) is 19.4 Å². The zero-order valence-corrected chi connectivity index (χ0v) is 17.7. The molecule has 3 aromatic carbocycles. The molecule has 0 saturated carbocycles. The summed E-state index contributed by atoms with van der Waals surface area (Å²) in [6.07, 6.45) is 4.67. The highest BCUT2D eigenvalue weighted by Crippen LogP contribution is 2.28. The van der Waals surface area contributed by atoms with E-state index < -0.39 is 0 Å². The normalized spacial score (nSPS) is 15.1. The Kier molecular flexibility index (Phi) is 7.89. The summed E-state index contributed by atoms with van der Waals surface area (Å²) < 4.78 is 6.04. The van der Waals surface area contributed by atoms with E-state index in [-0.39, 0.29) is 0 Å². The van der Waals surface area contributed by atoms with E-state index in [1.54, 1.807) is 0 Å². The summed E-state index contributed by atoms with van der Waals surface area (Å²) in [5.74, 6) is 1.57. The highest BCUT2D eigenvalue weighted by molar-refractivity contribution is 5.63. The third kappa shape index (κ3) is 5.95. The molecule has 152 valence electrons. The zero-order chi connectivity index (χ0) is 20.5. The van der Waals surface area contributed by atoms with Crippen molar-refractivity contribution in [1.82, 2.24) is 0 Å². The second-order valence-electron chi connectivity index (χ2n) is 7.83. The minimum absolute atomic E-state index is 0.591. The largest absolute Gasteiger partial charge is 0.489 e. The van der Waals surface area contributed by atoms with Crippen LogP contribution in [0.2, 0.25) is 0 Å². The summed E-state index contributed by atoms with van der Waals surface area (Å²) in [4.78, 5) is 0. The summed E-state index contributed by atoms with van der Waals surface area (Å²) in [7, 11) is 0. The Hall–Kier alpha value is -2.58. The maximum absolute atomic E-state index is 6.04. The lowest BCUT2D eigenvalue weighted by atomic mass is 9.84. The molecule has 1 atom stereocenters. The molecule has 1 aliphatic rings. The van der Waals surface area contributed by atoms with Gasteiger partial charge in [0.05, 0.1) is 0 Å². The van der Waals surface area contributed by atoms with Gasteiger partial charge in [0.15, 0.2) is 0 Å². The Labute approximate surface area is 175 Å². The van der Waals surface area contributed by atoms with Gasteiger partial charge in [0.2, 0.25) is 0 Å². The van der Waals surface area contributed by atoms with Gasteiger partial charge in [0, 0.05) is 0 Å². The molecule has 0 aromatic heterocycles. The average molecular weight is 388 g/mol. The summed E-state index contributed by atoms with van der Waals surface area (Å²) in [6, 6.07) is 25.6. The Morgan fingerprint density at radius 2 is 1.55 bits per heavy atom. The monoisotopic (exact) mass is 387 g/mol. The van der Waals surface area contributed by atoms with Crippen molar-refractivity contribution >= 4 is 0 Å². The molecule has 0 saturated heterocycles. The van der Waals surface area contributed by atoms with Crippen LogP contribution in [0, 0.1) is 5.92 Å². The number of benzene rings is 3. The molecule has 2 N–H and O–H groups in total. The van der Waals surface area contributed by atoms with Gasteiger partial charge in [-0.15, -0.1) is 0 Å². The third-order valence-corrected chi connectivity index (χ3v) is 5.31. The van der Waals surface area contributed by atoms with Crippen molar-refractivity contribution in [3.8, 4) is 16.9 Å². The SMILES string of the molecule is CCC.NCC1CCc2ccc(OCc3ccc(-c4ccccc4)cc3)cc2C1. The zero-order valence-electron chi connectivity index (χ0n) is 17.7. The molecule has 0 bridgehead atoms. The van der Waals surface area contributed by atoms with Gasteiger partial charge in [-0.1, -0.05) is 80.9 Å². The highest BCUT2D eigenvalue weighted by atomic mass is 16.5. The first kappa shape index (κ1) is 21.1. The van der Waals surface area contributed by atoms with E-state index in [1.165, 1.54) is 40.7 Å². The first-order chi connectivity index (χ1) is 14.2. The summed E-state index contributed by atoms with van der Waals surface area (Å²) in [5.41, 5.74) is 12.4. The number of nitrogens with two attached hydrogens (primary N) is 1. The van der Waals surface area contributed by atoms with E-state index >= 15 is 0 Å². The van der Waals surface area contributed by atoms with Crippen molar-refractivity contribution in [2.75, 3.05) is 6.54 Å². The first-order valence-corrected chi connectivity index (χ1v) is 10.8. The van der Waals surface area contributed by atoms with E-state index in [4.69, 9.17) is 10.5 Å². The van der Waals surface area contributed by atoms with E-state index in [0.717, 1.165) is 25.1 Å². The van der Waals surface area contributed by atoms with Crippen LogP contribution in [0.4, 0.5) is 0 Å². The fourth-order valence-electron chi connectivity index (χ4n) is 3.69. The Morgan fingerprint density at radius 1 is 0.862 bits per heavy atom. The molecule has 0 fully saturated rings. The number of fused-ring (bicyclic) bond motifs is 1. The van der Waals surface area contributed by atoms with E-state index in [2.05, 4.69) is 80.6 Å².